The molecule has 1 fully saturated rings. The van der Waals surface area contributed by atoms with Crippen molar-refractivity contribution in [3.8, 4) is 6.07 Å². The highest BCUT2D eigenvalue weighted by Crippen LogP contribution is 2.35. The molecule has 0 spiro atoms. The van der Waals surface area contributed by atoms with Crippen molar-refractivity contribution < 1.29 is 4.79 Å². The first-order chi connectivity index (χ1) is 16.4. The zero-order chi connectivity index (χ0) is 24.4. The van der Waals surface area contributed by atoms with Gasteiger partial charge in [0.2, 0.25) is 5.91 Å². The Morgan fingerprint density at radius 1 is 1.29 bits per heavy atom. The number of nitrogens with two attached hydrogens (primary N) is 1. The van der Waals surface area contributed by atoms with Crippen LogP contribution in [0.15, 0.2) is 12.1 Å². The number of aryl methyl sites for hydroxylation is 2. The summed E-state index contributed by atoms with van der Waals surface area (Å²) in [5.41, 5.74) is 11.7. The Bertz CT molecular complexity index is 1150. The lowest BCUT2D eigenvalue weighted by atomic mass is 9.99. The quantitative estimate of drug-likeness (QED) is 0.518. The van der Waals surface area contributed by atoms with Crippen LogP contribution in [0.4, 0.5) is 17.2 Å². The smallest absolute Gasteiger partial charge is 0.219 e. The number of amides is 1. The predicted molar refractivity (Wildman–Crippen MR) is 133 cm³/mol. The number of benzene rings is 1. The second-order valence-electron chi connectivity index (χ2n) is 8.97. The number of nitrogens with zero attached hydrogens (tertiary/aromatic N) is 6. The number of fused-ring (bicyclic) bond motifs is 1. The van der Waals surface area contributed by atoms with E-state index in [0.717, 1.165) is 59.1 Å². The predicted octanol–water partition coefficient (Wildman–Crippen LogP) is 2.44. The van der Waals surface area contributed by atoms with Crippen molar-refractivity contribution in [2.75, 3.05) is 41.7 Å². The summed E-state index contributed by atoms with van der Waals surface area (Å²) in [4.78, 5) is 28.2. The van der Waals surface area contributed by atoms with Crippen molar-refractivity contribution in [3.05, 3.63) is 40.3 Å². The highest BCUT2D eigenvalue weighted by atomic mass is 16.2. The summed E-state index contributed by atoms with van der Waals surface area (Å²) in [5.74, 6) is 1.73. The van der Waals surface area contributed by atoms with Crippen LogP contribution in [0, 0.1) is 23.7 Å². The zero-order valence-electron chi connectivity index (χ0n) is 20.1. The number of anilines is 3. The van der Waals surface area contributed by atoms with Crippen LogP contribution < -0.4 is 15.5 Å². The fourth-order valence-electron chi connectivity index (χ4n) is 5.12. The van der Waals surface area contributed by atoms with Gasteiger partial charge in [0.15, 0.2) is 0 Å². The molecule has 0 radical (unpaired) electrons. The molecule has 2 aliphatic heterocycles. The molecule has 9 nitrogen and oxygen atoms in total. The Balaban J connectivity index is 1.69. The molecule has 4 rings (SSSR count). The number of rotatable bonds is 5. The third kappa shape index (κ3) is 4.28. The molecule has 3 heterocycles. The average molecular weight is 461 g/mol. The minimum Gasteiger partial charge on any atom is -0.398 e. The van der Waals surface area contributed by atoms with E-state index in [1.807, 2.05) is 26.0 Å². The fourth-order valence-corrected chi connectivity index (χ4v) is 5.12. The Morgan fingerprint density at radius 3 is 2.76 bits per heavy atom. The number of carbonyl (C=O) groups is 1. The molecular formula is C25H32N8O. The van der Waals surface area contributed by atoms with Crippen LogP contribution in [0.2, 0.25) is 0 Å². The molecule has 1 aromatic carbocycles. The van der Waals surface area contributed by atoms with E-state index in [1.54, 1.807) is 11.8 Å². The summed E-state index contributed by atoms with van der Waals surface area (Å²) in [6.45, 7) is 8.92. The second-order valence-corrected chi connectivity index (χ2v) is 8.97. The number of nitrogens with one attached hydrogen (secondary N) is 1. The van der Waals surface area contributed by atoms with Gasteiger partial charge in [0, 0.05) is 62.6 Å². The summed E-state index contributed by atoms with van der Waals surface area (Å²) < 4.78 is 0. The van der Waals surface area contributed by atoms with Gasteiger partial charge in [0.25, 0.3) is 0 Å². The van der Waals surface area contributed by atoms with Gasteiger partial charge in [-0.2, -0.15) is 5.26 Å². The molecule has 34 heavy (non-hydrogen) atoms. The van der Waals surface area contributed by atoms with Gasteiger partial charge in [-0.1, -0.05) is 13.0 Å². The Labute approximate surface area is 200 Å². The van der Waals surface area contributed by atoms with Gasteiger partial charge in [-0.25, -0.2) is 9.97 Å². The van der Waals surface area contributed by atoms with Crippen LogP contribution in [0.3, 0.4) is 0 Å². The standard InChI is InChI=1S/C25H32N8O/c1-4-23-29-22-15-31(24-16(2)5-6-21(28)20(24)13-27)10-8-19(22)25(30-23)32-11-12-33(17(3)34)18(14-32)7-9-26/h5-6,13,18,27H,4,7-8,10-12,14-15,28H2,1-3H3. The lowest BCUT2D eigenvalue weighted by Crippen LogP contribution is -2.55. The highest BCUT2D eigenvalue weighted by Gasteiger charge is 2.32. The third-order valence-electron chi connectivity index (χ3n) is 6.83. The number of aromatic nitrogens is 2. The summed E-state index contributed by atoms with van der Waals surface area (Å²) in [6.07, 6.45) is 3.13. The first-order valence-electron chi connectivity index (χ1n) is 11.8. The molecule has 0 aliphatic carbocycles. The van der Waals surface area contributed by atoms with Gasteiger partial charge < -0.3 is 25.8 Å². The fraction of sp³-hybridized carbons (Fsp3) is 0.480. The molecule has 1 amide bonds. The second kappa shape index (κ2) is 9.67. The summed E-state index contributed by atoms with van der Waals surface area (Å²) in [7, 11) is 0. The molecule has 3 N–H and O–H groups in total. The van der Waals surface area contributed by atoms with E-state index < -0.39 is 0 Å². The van der Waals surface area contributed by atoms with Crippen molar-refractivity contribution in [1.82, 2.24) is 14.9 Å². The van der Waals surface area contributed by atoms with Crippen LogP contribution in [0.1, 0.15) is 48.5 Å². The lowest BCUT2D eigenvalue weighted by Gasteiger charge is -2.42. The van der Waals surface area contributed by atoms with E-state index in [1.165, 1.54) is 6.21 Å². The van der Waals surface area contributed by atoms with Crippen molar-refractivity contribution in [3.63, 3.8) is 0 Å². The third-order valence-corrected chi connectivity index (χ3v) is 6.83. The van der Waals surface area contributed by atoms with Crippen LogP contribution in [0.5, 0.6) is 0 Å². The monoisotopic (exact) mass is 460 g/mol. The largest absolute Gasteiger partial charge is 0.398 e. The van der Waals surface area contributed by atoms with Crippen LogP contribution in [0.25, 0.3) is 0 Å². The average Bonchev–Trinajstić information content (AvgIpc) is 2.84. The molecule has 2 aliphatic rings. The molecule has 178 valence electrons. The van der Waals surface area contributed by atoms with Crippen molar-refractivity contribution in [2.24, 2.45) is 0 Å². The number of hydrogen-bond donors (Lipinski definition) is 2. The van der Waals surface area contributed by atoms with Gasteiger partial charge in [-0.3, -0.25) is 4.79 Å². The van der Waals surface area contributed by atoms with Crippen LogP contribution >= 0.6 is 0 Å². The van der Waals surface area contributed by atoms with E-state index in [9.17, 15) is 10.1 Å². The Hall–Kier alpha value is -3.67. The molecule has 1 aromatic heterocycles. The van der Waals surface area contributed by atoms with Gasteiger partial charge in [0.1, 0.15) is 11.6 Å². The number of nitrogen functional groups attached to an aromatic ring is 1. The maximum Gasteiger partial charge on any atom is 0.219 e. The molecule has 2 aromatic rings. The van der Waals surface area contributed by atoms with E-state index in [-0.39, 0.29) is 11.9 Å². The minimum atomic E-state index is -0.142. The Kier molecular flexibility index (Phi) is 6.68. The maximum atomic E-state index is 12.1. The van der Waals surface area contributed by atoms with Gasteiger partial charge in [-0.05, 0) is 25.0 Å². The number of hydrogen-bond acceptors (Lipinski definition) is 8. The molecule has 1 atom stereocenters. The van der Waals surface area contributed by atoms with E-state index >= 15 is 0 Å². The normalized spacial score (nSPS) is 17.8. The van der Waals surface area contributed by atoms with Crippen LogP contribution in [-0.2, 0) is 24.2 Å². The SMILES string of the molecule is CCc1nc2c(c(N3CCN(C(C)=O)C(CC#N)C3)n1)CCN(c1c(C)ccc(N)c1C=N)C2. The first-order valence-corrected chi connectivity index (χ1v) is 11.8. The van der Waals surface area contributed by atoms with Crippen molar-refractivity contribution >= 4 is 29.3 Å². The zero-order valence-corrected chi connectivity index (χ0v) is 20.1. The first kappa shape index (κ1) is 23.5. The molecular weight excluding hydrogens is 428 g/mol. The summed E-state index contributed by atoms with van der Waals surface area (Å²) in [6, 6.07) is 5.95. The number of nitriles is 1. The molecule has 9 heteroatoms. The van der Waals surface area contributed by atoms with Crippen molar-refractivity contribution in [2.45, 2.75) is 52.6 Å². The van der Waals surface area contributed by atoms with Gasteiger partial charge >= 0.3 is 0 Å². The number of carbonyl (C=O) groups excluding carboxylic acids is 1. The number of piperazine rings is 1. The molecule has 1 unspecified atom stereocenters. The lowest BCUT2D eigenvalue weighted by molar-refractivity contribution is -0.131. The van der Waals surface area contributed by atoms with E-state index in [0.29, 0.717) is 38.3 Å². The Morgan fingerprint density at radius 2 is 2.09 bits per heavy atom. The van der Waals surface area contributed by atoms with Crippen LogP contribution in [-0.4, -0.2) is 59.2 Å². The van der Waals surface area contributed by atoms with E-state index in [2.05, 4.69) is 15.9 Å². The summed E-state index contributed by atoms with van der Waals surface area (Å²) >= 11 is 0. The summed E-state index contributed by atoms with van der Waals surface area (Å²) in [5, 5.41) is 17.2. The maximum absolute atomic E-state index is 12.1. The van der Waals surface area contributed by atoms with Gasteiger partial charge in [0.05, 0.1) is 36.5 Å². The molecule has 0 saturated carbocycles. The highest BCUT2D eigenvalue weighted by molar-refractivity contribution is 5.94. The van der Waals surface area contributed by atoms with E-state index in [4.69, 9.17) is 21.1 Å². The van der Waals surface area contributed by atoms with Gasteiger partial charge in [-0.15, -0.1) is 0 Å². The minimum absolute atomic E-state index is 0.00834. The molecule has 1 saturated heterocycles. The molecule has 0 bridgehead atoms. The van der Waals surface area contributed by atoms with Crippen molar-refractivity contribution in [1.29, 1.82) is 10.7 Å². The topological polar surface area (TPSA) is 126 Å².